The molecule has 0 amide bonds. The summed E-state index contributed by atoms with van der Waals surface area (Å²) in [6.45, 7) is 4.42. The van der Waals surface area contributed by atoms with E-state index in [1.54, 1.807) is 24.8 Å². The lowest BCUT2D eigenvalue weighted by Crippen LogP contribution is -2.14. The zero-order chi connectivity index (χ0) is 16.2. The largest absolute Gasteiger partial charge is 0.454 e. The Morgan fingerprint density at radius 3 is 2.45 bits per heavy atom. The maximum absolute atomic E-state index is 13.0. The minimum atomic E-state index is -3.36. The van der Waals surface area contributed by atoms with E-state index in [1.807, 2.05) is 32.3 Å². The van der Waals surface area contributed by atoms with E-state index in [-0.39, 0.29) is 6.79 Å². The van der Waals surface area contributed by atoms with Crippen LogP contribution in [0.5, 0.6) is 11.5 Å². The Labute approximate surface area is 131 Å². The maximum Gasteiger partial charge on any atom is 0.377 e. The van der Waals surface area contributed by atoms with E-state index in [0.29, 0.717) is 30.2 Å². The third-order valence-electron chi connectivity index (χ3n) is 3.03. The highest BCUT2D eigenvalue weighted by molar-refractivity contribution is 7.58. The molecule has 0 bridgehead atoms. The highest BCUT2D eigenvalue weighted by atomic mass is 31.2. The first-order valence-electron chi connectivity index (χ1n) is 7.18. The standard InChI is InChI=1S/C15H22NO5P/c1-5-20-22(17,21-6-2)15(16(3)4)10-12-7-8-13-14(9-12)19-11-18-13/h7-10H,5-6,11H2,1-4H3/b15-10+. The maximum atomic E-state index is 13.0. The van der Waals surface area contributed by atoms with Crippen LogP contribution in [0.1, 0.15) is 19.4 Å². The van der Waals surface area contributed by atoms with Crippen molar-refractivity contribution in [3.8, 4) is 11.5 Å². The van der Waals surface area contributed by atoms with E-state index in [9.17, 15) is 4.57 Å². The summed E-state index contributed by atoms with van der Waals surface area (Å²) in [5.74, 6) is 1.39. The molecule has 22 heavy (non-hydrogen) atoms. The number of hydrogen-bond acceptors (Lipinski definition) is 6. The molecule has 6 nitrogen and oxygen atoms in total. The average Bonchev–Trinajstić information content (AvgIpc) is 2.92. The molecule has 0 radical (unpaired) electrons. The Kier molecular flexibility index (Phi) is 5.51. The fourth-order valence-corrected chi connectivity index (χ4v) is 3.93. The highest BCUT2D eigenvalue weighted by Gasteiger charge is 2.31. The van der Waals surface area contributed by atoms with Crippen molar-refractivity contribution >= 4 is 13.7 Å². The van der Waals surface area contributed by atoms with Gasteiger partial charge in [0.15, 0.2) is 11.5 Å². The van der Waals surface area contributed by atoms with Crippen LogP contribution in [0.3, 0.4) is 0 Å². The molecule has 7 heteroatoms. The predicted molar refractivity (Wildman–Crippen MR) is 85.1 cm³/mol. The van der Waals surface area contributed by atoms with Gasteiger partial charge in [-0.05, 0) is 37.6 Å². The first-order chi connectivity index (χ1) is 10.5. The van der Waals surface area contributed by atoms with Crippen LogP contribution in [-0.4, -0.2) is 39.0 Å². The molecular weight excluding hydrogens is 305 g/mol. The fourth-order valence-electron chi connectivity index (χ4n) is 2.11. The quantitative estimate of drug-likeness (QED) is 0.714. The van der Waals surface area contributed by atoms with Gasteiger partial charge in [-0.1, -0.05) is 6.07 Å². The molecule has 0 atom stereocenters. The van der Waals surface area contributed by atoms with Gasteiger partial charge in [-0.2, -0.15) is 0 Å². The second-order valence-corrected chi connectivity index (χ2v) is 6.81. The van der Waals surface area contributed by atoms with Crippen LogP contribution in [0, 0.1) is 0 Å². The zero-order valence-corrected chi connectivity index (χ0v) is 14.3. The molecule has 0 saturated heterocycles. The summed E-state index contributed by atoms with van der Waals surface area (Å²) in [6, 6.07) is 5.54. The minimum Gasteiger partial charge on any atom is -0.454 e. The summed E-state index contributed by atoms with van der Waals surface area (Å²) in [6.07, 6.45) is 1.79. The molecule has 0 N–H and O–H groups in total. The van der Waals surface area contributed by atoms with Gasteiger partial charge in [0.05, 0.1) is 13.2 Å². The van der Waals surface area contributed by atoms with Gasteiger partial charge in [-0.3, -0.25) is 4.57 Å². The molecule has 0 aliphatic carbocycles. The Morgan fingerprint density at radius 2 is 1.86 bits per heavy atom. The first-order valence-corrected chi connectivity index (χ1v) is 8.72. The molecule has 1 aliphatic heterocycles. The summed E-state index contributed by atoms with van der Waals surface area (Å²) in [7, 11) is 0.262. The summed E-state index contributed by atoms with van der Waals surface area (Å²) >= 11 is 0. The zero-order valence-electron chi connectivity index (χ0n) is 13.4. The number of hydrogen-bond donors (Lipinski definition) is 0. The molecule has 2 rings (SSSR count). The molecule has 1 heterocycles. The van der Waals surface area contributed by atoms with Gasteiger partial charge in [0, 0.05) is 14.1 Å². The van der Waals surface area contributed by atoms with Gasteiger partial charge < -0.3 is 23.4 Å². The molecule has 0 fully saturated rings. The fraction of sp³-hybridized carbons (Fsp3) is 0.467. The van der Waals surface area contributed by atoms with Gasteiger partial charge in [0.2, 0.25) is 6.79 Å². The Morgan fingerprint density at radius 1 is 1.23 bits per heavy atom. The SMILES string of the molecule is CCOP(=O)(OCC)/C(=C/c1ccc2c(c1)OCO2)N(C)C. The molecular formula is C15H22NO5P. The van der Waals surface area contributed by atoms with Crippen LogP contribution < -0.4 is 9.47 Å². The smallest absolute Gasteiger partial charge is 0.377 e. The Balaban J connectivity index is 2.39. The number of fused-ring (bicyclic) bond motifs is 1. The van der Waals surface area contributed by atoms with Gasteiger partial charge in [0.25, 0.3) is 0 Å². The van der Waals surface area contributed by atoms with Crippen molar-refractivity contribution in [2.45, 2.75) is 13.8 Å². The molecule has 0 spiro atoms. The van der Waals surface area contributed by atoms with Gasteiger partial charge in [-0.15, -0.1) is 0 Å². The highest BCUT2D eigenvalue weighted by Crippen LogP contribution is 2.57. The van der Waals surface area contributed by atoms with Gasteiger partial charge in [0.1, 0.15) is 5.44 Å². The number of nitrogens with zero attached hydrogens (tertiary/aromatic N) is 1. The summed E-state index contributed by atoms with van der Waals surface area (Å²) in [5.41, 5.74) is 1.34. The van der Waals surface area contributed by atoms with Crippen molar-refractivity contribution < 1.29 is 23.1 Å². The number of ether oxygens (including phenoxy) is 2. The minimum absolute atomic E-state index is 0.222. The normalized spacial score (nSPS) is 14.3. The lowest BCUT2D eigenvalue weighted by molar-refractivity contribution is 0.174. The van der Waals surface area contributed by atoms with Crippen molar-refractivity contribution in [1.29, 1.82) is 0 Å². The lowest BCUT2D eigenvalue weighted by Gasteiger charge is -2.25. The number of rotatable bonds is 7. The van der Waals surface area contributed by atoms with Crippen LogP contribution in [0.4, 0.5) is 0 Å². The van der Waals surface area contributed by atoms with E-state index in [2.05, 4.69) is 0 Å². The van der Waals surface area contributed by atoms with E-state index < -0.39 is 7.60 Å². The van der Waals surface area contributed by atoms with Crippen molar-refractivity contribution in [1.82, 2.24) is 4.90 Å². The lowest BCUT2D eigenvalue weighted by atomic mass is 10.2. The van der Waals surface area contributed by atoms with Crippen LogP contribution in [0.2, 0.25) is 0 Å². The van der Waals surface area contributed by atoms with E-state index in [4.69, 9.17) is 18.5 Å². The second-order valence-electron chi connectivity index (χ2n) is 4.84. The number of benzene rings is 1. The summed E-state index contributed by atoms with van der Waals surface area (Å²) < 4.78 is 34.5. The van der Waals surface area contributed by atoms with Crippen molar-refractivity contribution in [2.24, 2.45) is 0 Å². The predicted octanol–water partition coefficient (Wildman–Crippen LogP) is 3.54. The van der Waals surface area contributed by atoms with E-state index in [1.165, 1.54) is 0 Å². The molecule has 1 aliphatic rings. The van der Waals surface area contributed by atoms with Crippen molar-refractivity contribution in [3.63, 3.8) is 0 Å². The van der Waals surface area contributed by atoms with Crippen molar-refractivity contribution in [2.75, 3.05) is 34.1 Å². The van der Waals surface area contributed by atoms with Crippen LogP contribution in [-0.2, 0) is 13.6 Å². The summed E-state index contributed by atoms with van der Waals surface area (Å²) in [5, 5.41) is 0. The molecule has 1 aromatic carbocycles. The second kappa shape index (κ2) is 7.18. The Hall–Kier alpha value is -1.49. The monoisotopic (exact) mass is 327 g/mol. The summed E-state index contributed by atoms with van der Waals surface area (Å²) in [4.78, 5) is 1.75. The van der Waals surface area contributed by atoms with Crippen LogP contribution in [0.25, 0.3) is 6.08 Å². The van der Waals surface area contributed by atoms with Crippen molar-refractivity contribution in [3.05, 3.63) is 29.2 Å². The molecule has 0 aromatic heterocycles. The van der Waals surface area contributed by atoms with Crippen LogP contribution in [0.15, 0.2) is 23.6 Å². The molecule has 0 unspecified atom stereocenters. The molecule has 1 aromatic rings. The third-order valence-corrected chi connectivity index (χ3v) is 5.32. The van der Waals surface area contributed by atoms with Gasteiger partial charge in [-0.25, -0.2) is 0 Å². The Bertz CT molecular complexity index is 590. The third kappa shape index (κ3) is 3.64. The van der Waals surface area contributed by atoms with E-state index in [0.717, 1.165) is 5.56 Å². The van der Waals surface area contributed by atoms with Gasteiger partial charge >= 0.3 is 7.60 Å². The first kappa shape index (κ1) is 16.9. The topological polar surface area (TPSA) is 57.2 Å². The molecule has 122 valence electrons. The van der Waals surface area contributed by atoms with Crippen LogP contribution >= 0.6 is 7.60 Å². The molecule has 0 saturated carbocycles. The average molecular weight is 327 g/mol. The van der Waals surface area contributed by atoms with E-state index >= 15 is 0 Å².